The standard InChI is InChI=1S/C19H25N3O6S2/c1-4-28-14-5-6-15-16(11-14)29-19(22(15)12-17(23)27-2)20-18(24)13-7-9-21(10-8-13)30(3,25)26/h5-6,11,13H,4,7-10,12H2,1-3H3. The third-order valence-corrected chi connectivity index (χ3v) is 7.30. The van der Waals surface area contributed by atoms with E-state index in [1.807, 2.05) is 19.1 Å². The second-order valence-electron chi connectivity index (χ2n) is 7.00. The van der Waals surface area contributed by atoms with Crippen LogP contribution in [0.4, 0.5) is 0 Å². The van der Waals surface area contributed by atoms with Crippen molar-refractivity contribution in [2.24, 2.45) is 10.9 Å². The van der Waals surface area contributed by atoms with Gasteiger partial charge in [-0.3, -0.25) is 9.59 Å². The molecule has 2 heterocycles. The lowest BCUT2D eigenvalue weighted by atomic mass is 9.98. The number of thiazole rings is 1. The van der Waals surface area contributed by atoms with Crippen LogP contribution in [0.1, 0.15) is 19.8 Å². The van der Waals surface area contributed by atoms with Gasteiger partial charge in [0.1, 0.15) is 12.3 Å². The van der Waals surface area contributed by atoms with Gasteiger partial charge >= 0.3 is 5.97 Å². The minimum Gasteiger partial charge on any atom is -0.494 e. The molecule has 0 saturated carbocycles. The van der Waals surface area contributed by atoms with Gasteiger partial charge in [0.15, 0.2) is 4.80 Å². The van der Waals surface area contributed by atoms with Crippen LogP contribution in [-0.4, -0.2) is 62.2 Å². The van der Waals surface area contributed by atoms with Gasteiger partial charge in [0.25, 0.3) is 5.91 Å². The Morgan fingerprint density at radius 2 is 1.97 bits per heavy atom. The van der Waals surface area contributed by atoms with Crippen LogP contribution < -0.4 is 9.54 Å². The topological polar surface area (TPSA) is 107 Å². The molecule has 9 nitrogen and oxygen atoms in total. The van der Waals surface area contributed by atoms with E-state index in [9.17, 15) is 18.0 Å². The van der Waals surface area contributed by atoms with Crippen molar-refractivity contribution in [2.45, 2.75) is 26.3 Å². The highest BCUT2D eigenvalue weighted by Crippen LogP contribution is 2.24. The highest BCUT2D eigenvalue weighted by atomic mass is 32.2. The van der Waals surface area contributed by atoms with Gasteiger partial charge < -0.3 is 14.0 Å². The first-order chi connectivity index (χ1) is 14.2. The Morgan fingerprint density at radius 3 is 2.57 bits per heavy atom. The first-order valence-corrected chi connectivity index (χ1v) is 12.3. The van der Waals surface area contributed by atoms with Gasteiger partial charge in [-0.25, -0.2) is 12.7 Å². The number of piperidine rings is 1. The van der Waals surface area contributed by atoms with Crippen LogP contribution in [0.2, 0.25) is 0 Å². The maximum atomic E-state index is 12.8. The molecular formula is C19H25N3O6S2. The van der Waals surface area contributed by atoms with Crippen molar-refractivity contribution < 1.29 is 27.5 Å². The predicted molar refractivity (Wildman–Crippen MR) is 113 cm³/mol. The number of fused-ring (bicyclic) bond motifs is 1. The maximum Gasteiger partial charge on any atom is 0.325 e. The molecule has 1 amide bonds. The number of esters is 1. The minimum absolute atomic E-state index is 0.0664. The van der Waals surface area contributed by atoms with Gasteiger partial charge in [0.05, 0.1) is 30.2 Å². The largest absolute Gasteiger partial charge is 0.494 e. The summed E-state index contributed by atoms with van der Waals surface area (Å²) >= 11 is 1.29. The van der Waals surface area contributed by atoms with E-state index in [1.165, 1.54) is 29.0 Å². The fraction of sp³-hybridized carbons (Fsp3) is 0.526. The van der Waals surface area contributed by atoms with Gasteiger partial charge in [-0.15, -0.1) is 0 Å². The van der Waals surface area contributed by atoms with Gasteiger partial charge in [0, 0.05) is 19.0 Å². The summed E-state index contributed by atoms with van der Waals surface area (Å²) in [5.41, 5.74) is 0.757. The summed E-state index contributed by atoms with van der Waals surface area (Å²) in [6, 6.07) is 5.48. The monoisotopic (exact) mass is 455 g/mol. The van der Waals surface area contributed by atoms with E-state index in [-0.39, 0.29) is 18.4 Å². The van der Waals surface area contributed by atoms with E-state index < -0.39 is 16.0 Å². The summed E-state index contributed by atoms with van der Waals surface area (Å²) in [6.45, 7) is 2.96. The number of amides is 1. The SMILES string of the molecule is CCOc1ccc2c(c1)sc(=NC(=O)C1CCN(S(C)(=O)=O)CC1)n2CC(=O)OC. The van der Waals surface area contributed by atoms with Crippen molar-refractivity contribution in [1.29, 1.82) is 0 Å². The number of methoxy groups -OCH3 is 1. The molecule has 0 unspecified atom stereocenters. The number of ether oxygens (including phenoxy) is 2. The normalized spacial score (nSPS) is 16.7. The summed E-state index contributed by atoms with van der Waals surface area (Å²) in [4.78, 5) is 29.4. The van der Waals surface area contributed by atoms with Crippen LogP contribution in [0.3, 0.4) is 0 Å². The summed E-state index contributed by atoms with van der Waals surface area (Å²) in [7, 11) is -1.95. The van der Waals surface area contributed by atoms with Crippen molar-refractivity contribution in [2.75, 3.05) is 33.1 Å². The van der Waals surface area contributed by atoms with Gasteiger partial charge in [-0.1, -0.05) is 11.3 Å². The van der Waals surface area contributed by atoms with Crippen LogP contribution >= 0.6 is 11.3 Å². The number of hydrogen-bond donors (Lipinski definition) is 0. The van der Waals surface area contributed by atoms with Crippen molar-refractivity contribution in [1.82, 2.24) is 8.87 Å². The molecule has 0 spiro atoms. The van der Waals surface area contributed by atoms with Gasteiger partial charge in [-0.2, -0.15) is 4.99 Å². The fourth-order valence-corrected chi connectivity index (χ4v) is 5.30. The second-order valence-corrected chi connectivity index (χ2v) is 9.99. The Morgan fingerprint density at radius 1 is 1.27 bits per heavy atom. The van der Waals surface area contributed by atoms with Crippen LogP contribution in [0.15, 0.2) is 23.2 Å². The maximum absolute atomic E-state index is 12.8. The lowest BCUT2D eigenvalue weighted by Crippen LogP contribution is -2.39. The molecule has 0 N–H and O–H groups in total. The number of nitrogens with zero attached hydrogens (tertiary/aromatic N) is 3. The average molecular weight is 456 g/mol. The molecular weight excluding hydrogens is 430 g/mol. The molecule has 3 rings (SSSR count). The third-order valence-electron chi connectivity index (χ3n) is 4.96. The molecule has 0 aliphatic carbocycles. The number of hydrogen-bond acceptors (Lipinski definition) is 7. The lowest BCUT2D eigenvalue weighted by molar-refractivity contribution is -0.141. The van der Waals surface area contributed by atoms with E-state index >= 15 is 0 Å². The molecule has 1 fully saturated rings. The Labute approximate surface area is 179 Å². The molecule has 0 atom stereocenters. The first-order valence-electron chi connectivity index (χ1n) is 9.59. The Balaban J connectivity index is 1.92. The summed E-state index contributed by atoms with van der Waals surface area (Å²) in [5, 5.41) is 0. The van der Waals surface area contributed by atoms with Crippen molar-refractivity contribution in [3.05, 3.63) is 23.0 Å². The molecule has 1 aromatic carbocycles. The number of rotatable bonds is 6. The quantitative estimate of drug-likeness (QED) is 0.609. The fourth-order valence-electron chi connectivity index (χ4n) is 3.36. The van der Waals surface area contributed by atoms with Gasteiger partial charge in [-0.05, 0) is 38.0 Å². The number of carbonyl (C=O) groups excluding carboxylic acids is 2. The van der Waals surface area contributed by atoms with Gasteiger partial charge in [0.2, 0.25) is 10.0 Å². The molecule has 1 aliphatic rings. The predicted octanol–water partition coefficient (Wildman–Crippen LogP) is 1.37. The summed E-state index contributed by atoms with van der Waals surface area (Å²) in [5.74, 6) is -0.404. The molecule has 0 radical (unpaired) electrons. The lowest BCUT2D eigenvalue weighted by Gasteiger charge is -2.28. The zero-order valence-corrected chi connectivity index (χ0v) is 18.8. The number of benzene rings is 1. The van der Waals surface area contributed by atoms with Crippen molar-refractivity contribution in [3.63, 3.8) is 0 Å². The molecule has 30 heavy (non-hydrogen) atoms. The Kier molecular flexibility index (Phi) is 6.94. The third kappa shape index (κ3) is 5.08. The highest BCUT2D eigenvalue weighted by molar-refractivity contribution is 7.88. The number of aromatic nitrogens is 1. The minimum atomic E-state index is -3.26. The second kappa shape index (κ2) is 9.27. The molecule has 1 saturated heterocycles. The molecule has 2 aromatic rings. The first kappa shape index (κ1) is 22.4. The van der Waals surface area contributed by atoms with E-state index in [0.29, 0.717) is 43.1 Å². The van der Waals surface area contributed by atoms with Crippen LogP contribution in [0.5, 0.6) is 5.75 Å². The molecule has 1 aliphatic heterocycles. The highest BCUT2D eigenvalue weighted by Gasteiger charge is 2.29. The van der Waals surface area contributed by atoms with E-state index in [0.717, 1.165) is 10.2 Å². The zero-order valence-electron chi connectivity index (χ0n) is 17.2. The van der Waals surface area contributed by atoms with E-state index in [4.69, 9.17) is 9.47 Å². The number of sulfonamides is 1. The van der Waals surface area contributed by atoms with Crippen LogP contribution in [0, 0.1) is 5.92 Å². The van der Waals surface area contributed by atoms with Crippen LogP contribution in [-0.2, 0) is 30.9 Å². The zero-order chi connectivity index (χ0) is 21.9. The molecule has 164 valence electrons. The summed E-state index contributed by atoms with van der Waals surface area (Å²) < 4.78 is 37.5. The summed E-state index contributed by atoms with van der Waals surface area (Å²) in [6.07, 6.45) is 2.01. The molecule has 0 bridgehead atoms. The Bertz CT molecular complexity index is 1110. The number of carbonyl (C=O) groups is 2. The molecule has 11 heteroatoms. The van der Waals surface area contributed by atoms with E-state index in [2.05, 4.69) is 4.99 Å². The van der Waals surface area contributed by atoms with Crippen molar-refractivity contribution in [3.8, 4) is 5.75 Å². The van der Waals surface area contributed by atoms with Crippen molar-refractivity contribution >= 4 is 43.5 Å². The smallest absolute Gasteiger partial charge is 0.325 e. The molecule has 1 aromatic heterocycles. The Hall–Kier alpha value is -2.24. The van der Waals surface area contributed by atoms with E-state index in [1.54, 1.807) is 10.6 Å². The average Bonchev–Trinajstić information content (AvgIpc) is 3.03. The van der Waals surface area contributed by atoms with Crippen LogP contribution in [0.25, 0.3) is 10.2 Å².